The number of hydrogen-bond donors (Lipinski definition) is 0. The number of carbonyl (C=O) groups excluding carboxylic acids is 1. The highest BCUT2D eigenvalue weighted by molar-refractivity contribution is 5.96. The van der Waals surface area contributed by atoms with Crippen LogP contribution in [0.3, 0.4) is 0 Å². The standard InChI is InChI=1S/C17H22N2O5/c1-3-4-6-23-15-12(20)8-10-13(22-2)9-11-17-18(5-7-24-17)16(21)14(15)19(10)11/h8,11,13,17H,3-7,9H2,1-2H3. The molecule has 130 valence electrons. The van der Waals surface area contributed by atoms with Gasteiger partial charge in [0, 0.05) is 26.1 Å². The van der Waals surface area contributed by atoms with E-state index >= 15 is 0 Å². The third kappa shape index (κ3) is 2.11. The number of rotatable bonds is 5. The molecule has 0 spiro atoms. The minimum atomic E-state index is -0.283. The maximum atomic E-state index is 13.0. The van der Waals surface area contributed by atoms with Crippen molar-refractivity contribution >= 4 is 5.91 Å². The van der Waals surface area contributed by atoms with E-state index in [0.717, 1.165) is 18.5 Å². The first kappa shape index (κ1) is 15.7. The topological polar surface area (TPSA) is 70.0 Å². The van der Waals surface area contributed by atoms with Crippen LogP contribution in [0.25, 0.3) is 0 Å². The Morgan fingerprint density at radius 3 is 2.96 bits per heavy atom. The SMILES string of the molecule is CCCCOc1c2n3c(cc1=O)C(OC)CC3C1OCCN1C2=O. The summed E-state index contributed by atoms with van der Waals surface area (Å²) in [4.78, 5) is 27.3. The fourth-order valence-corrected chi connectivity index (χ4v) is 3.96. The number of carbonyl (C=O) groups is 1. The summed E-state index contributed by atoms with van der Waals surface area (Å²) >= 11 is 0. The summed E-state index contributed by atoms with van der Waals surface area (Å²) in [6, 6.07) is 1.52. The molecule has 1 saturated heterocycles. The lowest BCUT2D eigenvalue weighted by Crippen LogP contribution is -2.48. The molecule has 7 nitrogen and oxygen atoms in total. The van der Waals surface area contributed by atoms with E-state index in [1.807, 2.05) is 4.57 Å². The van der Waals surface area contributed by atoms with Crippen LogP contribution in [-0.2, 0) is 9.47 Å². The molecule has 1 aromatic heterocycles. The third-order valence-electron chi connectivity index (χ3n) is 5.10. The number of pyridine rings is 1. The monoisotopic (exact) mass is 334 g/mol. The molecule has 0 saturated carbocycles. The fourth-order valence-electron chi connectivity index (χ4n) is 3.96. The Morgan fingerprint density at radius 2 is 2.21 bits per heavy atom. The Morgan fingerprint density at radius 1 is 1.38 bits per heavy atom. The van der Waals surface area contributed by atoms with Crippen molar-refractivity contribution < 1.29 is 19.0 Å². The van der Waals surface area contributed by atoms with Gasteiger partial charge in [0.1, 0.15) is 0 Å². The van der Waals surface area contributed by atoms with Crippen molar-refractivity contribution in [1.82, 2.24) is 9.47 Å². The molecule has 3 aliphatic rings. The van der Waals surface area contributed by atoms with Crippen LogP contribution in [0.2, 0.25) is 0 Å². The number of amides is 1. The smallest absolute Gasteiger partial charge is 0.276 e. The summed E-state index contributed by atoms with van der Waals surface area (Å²) in [5, 5.41) is 0. The minimum absolute atomic E-state index is 0.0331. The molecule has 1 aromatic rings. The van der Waals surface area contributed by atoms with Gasteiger partial charge in [0.2, 0.25) is 5.43 Å². The molecule has 1 fully saturated rings. The Bertz CT molecular complexity index is 728. The first-order valence-electron chi connectivity index (χ1n) is 8.55. The first-order valence-corrected chi connectivity index (χ1v) is 8.55. The van der Waals surface area contributed by atoms with Gasteiger partial charge in [0.15, 0.2) is 17.7 Å². The zero-order chi connectivity index (χ0) is 16.8. The second-order valence-electron chi connectivity index (χ2n) is 6.47. The predicted molar refractivity (Wildman–Crippen MR) is 85.3 cm³/mol. The molecule has 3 aliphatic heterocycles. The summed E-state index contributed by atoms with van der Waals surface area (Å²) in [6.07, 6.45) is 2.01. The number of fused-ring (bicyclic) bond motifs is 2. The van der Waals surface area contributed by atoms with Crippen LogP contribution in [0.5, 0.6) is 5.75 Å². The van der Waals surface area contributed by atoms with E-state index < -0.39 is 0 Å². The van der Waals surface area contributed by atoms with E-state index in [-0.39, 0.29) is 35.5 Å². The number of methoxy groups -OCH3 is 1. The molecule has 0 aliphatic carbocycles. The van der Waals surface area contributed by atoms with Crippen molar-refractivity contribution in [2.24, 2.45) is 0 Å². The van der Waals surface area contributed by atoms with E-state index in [9.17, 15) is 9.59 Å². The van der Waals surface area contributed by atoms with Gasteiger partial charge in [-0.2, -0.15) is 0 Å². The summed E-state index contributed by atoms with van der Waals surface area (Å²) in [6.45, 7) is 3.55. The Labute approximate surface area is 140 Å². The van der Waals surface area contributed by atoms with Gasteiger partial charge in [-0.05, 0) is 6.42 Å². The molecule has 3 unspecified atom stereocenters. The van der Waals surface area contributed by atoms with Crippen LogP contribution >= 0.6 is 0 Å². The molecule has 24 heavy (non-hydrogen) atoms. The lowest BCUT2D eigenvalue weighted by atomic mass is 10.1. The molecule has 1 amide bonds. The maximum Gasteiger partial charge on any atom is 0.276 e. The predicted octanol–water partition coefficient (Wildman–Crippen LogP) is 1.47. The molecule has 4 heterocycles. The highest BCUT2D eigenvalue weighted by Gasteiger charge is 2.50. The lowest BCUT2D eigenvalue weighted by molar-refractivity contribution is -0.0190. The molecular formula is C17H22N2O5. The van der Waals surface area contributed by atoms with Gasteiger partial charge in [-0.15, -0.1) is 0 Å². The van der Waals surface area contributed by atoms with E-state index in [4.69, 9.17) is 14.2 Å². The zero-order valence-corrected chi connectivity index (χ0v) is 14.0. The van der Waals surface area contributed by atoms with Gasteiger partial charge in [-0.25, -0.2) is 0 Å². The van der Waals surface area contributed by atoms with Crippen molar-refractivity contribution in [3.63, 3.8) is 0 Å². The quantitative estimate of drug-likeness (QED) is 0.763. The summed E-state index contributed by atoms with van der Waals surface area (Å²) in [5.74, 6) is -0.0137. The van der Waals surface area contributed by atoms with Gasteiger partial charge in [0.25, 0.3) is 5.91 Å². The van der Waals surface area contributed by atoms with Crippen molar-refractivity contribution in [3.8, 4) is 5.75 Å². The molecule has 7 heteroatoms. The summed E-state index contributed by atoms with van der Waals surface area (Å²) in [5.41, 5.74) is 0.857. The lowest BCUT2D eigenvalue weighted by Gasteiger charge is -2.36. The zero-order valence-electron chi connectivity index (χ0n) is 14.0. The third-order valence-corrected chi connectivity index (χ3v) is 5.10. The molecule has 3 atom stereocenters. The number of hydrogen-bond acceptors (Lipinski definition) is 5. The molecule has 0 bridgehead atoms. The van der Waals surface area contributed by atoms with Crippen molar-refractivity contribution in [2.45, 2.75) is 44.6 Å². The van der Waals surface area contributed by atoms with E-state index in [0.29, 0.717) is 31.9 Å². The second-order valence-corrected chi connectivity index (χ2v) is 6.47. The van der Waals surface area contributed by atoms with E-state index in [1.165, 1.54) is 0 Å². The van der Waals surface area contributed by atoms with Crippen LogP contribution in [0.15, 0.2) is 10.9 Å². The van der Waals surface area contributed by atoms with Crippen LogP contribution < -0.4 is 10.2 Å². The van der Waals surface area contributed by atoms with E-state index in [1.54, 1.807) is 18.1 Å². The van der Waals surface area contributed by atoms with E-state index in [2.05, 4.69) is 6.92 Å². The molecule has 0 radical (unpaired) electrons. The number of ether oxygens (including phenoxy) is 3. The summed E-state index contributed by atoms with van der Waals surface area (Å²) in [7, 11) is 1.63. The van der Waals surface area contributed by atoms with Crippen molar-refractivity contribution in [2.75, 3.05) is 26.9 Å². The Hall–Kier alpha value is -1.86. The number of aromatic nitrogens is 1. The first-order chi connectivity index (χ1) is 11.7. The van der Waals surface area contributed by atoms with Crippen molar-refractivity contribution in [1.29, 1.82) is 0 Å². The largest absolute Gasteiger partial charge is 0.487 e. The fraction of sp³-hybridized carbons (Fsp3) is 0.647. The van der Waals surface area contributed by atoms with Gasteiger partial charge in [-0.1, -0.05) is 13.3 Å². The highest BCUT2D eigenvalue weighted by atomic mass is 16.5. The molecule has 0 N–H and O–H groups in total. The minimum Gasteiger partial charge on any atom is -0.487 e. The summed E-state index contributed by atoms with van der Waals surface area (Å²) < 4.78 is 19.0. The number of unbranched alkanes of at least 4 members (excludes halogenated alkanes) is 1. The second kappa shape index (κ2) is 5.89. The van der Waals surface area contributed by atoms with Gasteiger partial charge >= 0.3 is 0 Å². The molecular weight excluding hydrogens is 312 g/mol. The maximum absolute atomic E-state index is 13.0. The van der Waals surface area contributed by atoms with Crippen molar-refractivity contribution in [3.05, 3.63) is 27.7 Å². The van der Waals surface area contributed by atoms with Crippen LogP contribution in [0.4, 0.5) is 0 Å². The average Bonchev–Trinajstić information content (AvgIpc) is 3.18. The Kier molecular flexibility index (Phi) is 3.85. The van der Waals surface area contributed by atoms with Gasteiger partial charge < -0.3 is 23.7 Å². The van der Waals surface area contributed by atoms with Gasteiger partial charge in [0.05, 0.1) is 31.1 Å². The van der Waals surface area contributed by atoms with Crippen LogP contribution in [0, 0.1) is 0 Å². The highest BCUT2D eigenvalue weighted by Crippen LogP contribution is 2.46. The molecule has 4 rings (SSSR count). The number of nitrogens with zero attached hydrogens (tertiary/aromatic N) is 2. The normalized spacial score (nSPS) is 27.3. The average molecular weight is 334 g/mol. The van der Waals surface area contributed by atoms with Crippen LogP contribution in [0.1, 0.15) is 54.5 Å². The molecule has 0 aromatic carbocycles. The van der Waals surface area contributed by atoms with Gasteiger partial charge in [-0.3, -0.25) is 9.59 Å². The van der Waals surface area contributed by atoms with Crippen LogP contribution in [-0.4, -0.2) is 48.5 Å². The Balaban J connectivity index is 1.86.